The summed E-state index contributed by atoms with van der Waals surface area (Å²) < 4.78 is 35.0. The molecule has 1 rings (SSSR count). The molecule has 124 valence electrons. The van der Waals surface area contributed by atoms with Gasteiger partial charge in [-0.3, -0.25) is 4.72 Å². The molecule has 1 aromatic rings. The lowest BCUT2D eigenvalue weighted by Gasteiger charge is -2.19. The number of hydrogen-bond donors (Lipinski definition) is 2. The number of anilines is 1. The molecule has 7 nitrogen and oxygen atoms in total. The van der Waals surface area contributed by atoms with Crippen molar-refractivity contribution < 1.29 is 22.7 Å². The summed E-state index contributed by atoms with van der Waals surface area (Å²) in [5, 5.41) is 2.57. The molecule has 0 aliphatic carbocycles. The van der Waals surface area contributed by atoms with Gasteiger partial charge < -0.3 is 14.8 Å². The van der Waals surface area contributed by atoms with Crippen LogP contribution in [0.4, 0.5) is 10.5 Å². The molecule has 0 aliphatic rings. The molecule has 22 heavy (non-hydrogen) atoms. The zero-order valence-corrected chi connectivity index (χ0v) is 14.0. The average molecular weight is 330 g/mol. The summed E-state index contributed by atoms with van der Waals surface area (Å²) in [6, 6.07) is 6.47. The molecule has 0 radical (unpaired) electrons. The van der Waals surface area contributed by atoms with Crippen molar-refractivity contribution in [2.45, 2.75) is 26.4 Å². The number of carbonyl (C=O) groups excluding carboxylic acids is 1. The number of alkyl carbamates (subject to hydrolysis) is 1. The van der Waals surface area contributed by atoms with Crippen LogP contribution >= 0.6 is 0 Å². The van der Waals surface area contributed by atoms with E-state index in [4.69, 9.17) is 9.47 Å². The topological polar surface area (TPSA) is 93.7 Å². The highest BCUT2D eigenvalue weighted by molar-refractivity contribution is 7.92. The van der Waals surface area contributed by atoms with Gasteiger partial charge in [0.1, 0.15) is 18.0 Å². The summed E-state index contributed by atoms with van der Waals surface area (Å²) in [6.45, 7) is 5.94. The molecule has 0 heterocycles. The fraction of sp³-hybridized carbons (Fsp3) is 0.500. The Hall–Kier alpha value is -1.96. The zero-order chi connectivity index (χ0) is 16.8. The number of carbonyl (C=O) groups is 1. The van der Waals surface area contributed by atoms with Gasteiger partial charge in [0.25, 0.3) is 0 Å². The van der Waals surface area contributed by atoms with Gasteiger partial charge in [-0.2, -0.15) is 0 Å². The normalized spacial score (nSPS) is 11.6. The Kier molecular flexibility index (Phi) is 6.04. The lowest BCUT2D eigenvalue weighted by molar-refractivity contribution is 0.0520. The van der Waals surface area contributed by atoms with Gasteiger partial charge in [0.05, 0.1) is 12.8 Å². The van der Waals surface area contributed by atoms with Crippen molar-refractivity contribution in [3.05, 3.63) is 24.3 Å². The molecule has 0 atom stereocenters. The van der Waals surface area contributed by atoms with E-state index in [1.807, 2.05) is 0 Å². The molecule has 0 aromatic heterocycles. The third-order valence-corrected chi connectivity index (χ3v) is 2.80. The number of sulfonamides is 1. The summed E-state index contributed by atoms with van der Waals surface area (Å²) in [5.74, 6) is 0.574. The van der Waals surface area contributed by atoms with Crippen LogP contribution in [0.3, 0.4) is 0 Å². The second-order valence-electron chi connectivity index (χ2n) is 5.68. The molecule has 0 fully saturated rings. The van der Waals surface area contributed by atoms with Gasteiger partial charge in [-0.25, -0.2) is 13.2 Å². The Balaban J connectivity index is 2.32. The summed E-state index contributed by atoms with van der Waals surface area (Å²) in [7, 11) is -3.29. The first kappa shape index (κ1) is 18.1. The highest BCUT2D eigenvalue weighted by atomic mass is 32.2. The first-order chi connectivity index (χ1) is 10.1. The highest BCUT2D eigenvalue weighted by Crippen LogP contribution is 2.16. The standard InChI is InChI=1S/C14H22N2O5S/c1-14(2,3)21-13(17)15-9-10-20-12-7-5-11(6-8-12)16-22(4,18)19/h5-8,16H,9-10H2,1-4H3,(H,15,17). The summed E-state index contributed by atoms with van der Waals surface area (Å²) >= 11 is 0. The molecule has 0 unspecified atom stereocenters. The van der Waals surface area contributed by atoms with Crippen molar-refractivity contribution >= 4 is 21.8 Å². The van der Waals surface area contributed by atoms with Crippen molar-refractivity contribution in [3.63, 3.8) is 0 Å². The number of hydrogen-bond acceptors (Lipinski definition) is 5. The van der Waals surface area contributed by atoms with Crippen LogP contribution in [0.5, 0.6) is 5.75 Å². The lowest BCUT2D eigenvalue weighted by atomic mass is 10.2. The van der Waals surface area contributed by atoms with E-state index < -0.39 is 21.7 Å². The van der Waals surface area contributed by atoms with E-state index in [1.54, 1.807) is 45.0 Å². The largest absolute Gasteiger partial charge is 0.492 e. The third kappa shape index (κ3) is 8.35. The summed E-state index contributed by atoms with van der Waals surface area (Å²) in [4.78, 5) is 11.4. The van der Waals surface area contributed by atoms with E-state index in [-0.39, 0.29) is 6.61 Å². The molecule has 0 aliphatic heterocycles. The first-order valence-electron chi connectivity index (χ1n) is 6.73. The Bertz CT molecular complexity index is 591. The maximum Gasteiger partial charge on any atom is 0.407 e. The van der Waals surface area contributed by atoms with Crippen molar-refractivity contribution in [3.8, 4) is 5.75 Å². The number of amides is 1. The maximum atomic E-state index is 11.4. The van der Waals surface area contributed by atoms with Crippen LogP contribution in [0.1, 0.15) is 20.8 Å². The fourth-order valence-corrected chi connectivity index (χ4v) is 2.03. The van der Waals surface area contributed by atoms with Crippen molar-refractivity contribution in [2.24, 2.45) is 0 Å². The minimum absolute atomic E-state index is 0.276. The lowest BCUT2D eigenvalue weighted by Crippen LogP contribution is -2.34. The van der Waals surface area contributed by atoms with Gasteiger partial charge >= 0.3 is 6.09 Å². The Morgan fingerprint density at radius 2 is 1.77 bits per heavy atom. The van der Waals surface area contributed by atoms with Crippen LogP contribution in [0.25, 0.3) is 0 Å². The van der Waals surface area contributed by atoms with E-state index in [0.29, 0.717) is 18.0 Å². The predicted octanol–water partition coefficient (Wildman–Crippen LogP) is 1.96. The number of benzene rings is 1. The van der Waals surface area contributed by atoms with Crippen molar-refractivity contribution in [1.29, 1.82) is 0 Å². The average Bonchev–Trinajstić information content (AvgIpc) is 2.32. The summed E-state index contributed by atoms with van der Waals surface area (Å²) in [6.07, 6.45) is 0.587. The highest BCUT2D eigenvalue weighted by Gasteiger charge is 2.15. The van der Waals surface area contributed by atoms with E-state index in [1.165, 1.54) is 0 Å². The van der Waals surface area contributed by atoms with E-state index >= 15 is 0 Å². The van der Waals surface area contributed by atoms with Crippen LogP contribution in [-0.2, 0) is 14.8 Å². The SMILES string of the molecule is CC(C)(C)OC(=O)NCCOc1ccc(NS(C)(=O)=O)cc1. The molecule has 1 aromatic carbocycles. The minimum atomic E-state index is -3.29. The Labute approximate surface area is 131 Å². The van der Waals surface area contributed by atoms with Crippen LogP contribution in [-0.4, -0.2) is 39.5 Å². The second kappa shape index (κ2) is 7.35. The number of rotatable bonds is 6. The van der Waals surface area contributed by atoms with Crippen LogP contribution in [0.15, 0.2) is 24.3 Å². The second-order valence-corrected chi connectivity index (χ2v) is 7.42. The van der Waals surface area contributed by atoms with Gasteiger partial charge in [0.2, 0.25) is 10.0 Å². The maximum absolute atomic E-state index is 11.4. The van der Waals surface area contributed by atoms with Gasteiger partial charge in [0.15, 0.2) is 0 Å². The smallest absolute Gasteiger partial charge is 0.407 e. The summed E-state index contributed by atoms with van der Waals surface area (Å²) in [5.41, 5.74) is -0.0744. The predicted molar refractivity (Wildman–Crippen MR) is 84.6 cm³/mol. The van der Waals surface area contributed by atoms with E-state index in [0.717, 1.165) is 6.26 Å². The third-order valence-electron chi connectivity index (χ3n) is 2.20. The van der Waals surface area contributed by atoms with Crippen LogP contribution < -0.4 is 14.8 Å². The molecular formula is C14H22N2O5S. The molecular weight excluding hydrogens is 308 g/mol. The van der Waals surface area contributed by atoms with E-state index in [9.17, 15) is 13.2 Å². The van der Waals surface area contributed by atoms with E-state index in [2.05, 4.69) is 10.0 Å². The molecule has 0 saturated carbocycles. The fourth-order valence-electron chi connectivity index (χ4n) is 1.47. The molecule has 2 N–H and O–H groups in total. The Morgan fingerprint density at radius 3 is 2.27 bits per heavy atom. The van der Waals surface area contributed by atoms with Gasteiger partial charge in [-0.15, -0.1) is 0 Å². The minimum Gasteiger partial charge on any atom is -0.492 e. The van der Waals surface area contributed by atoms with Gasteiger partial charge in [0, 0.05) is 5.69 Å². The van der Waals surface area contributed by atoms with Crippen molar-refractivity contribution in [1.82, 2.24) is 5.32 Å². The Morgan fingerprint density at radius 1 is 1.18 bits per heavy atom. The molecule has 1 amide bonds. The quantitative estimate of drug-likeness (QED) is 0.778. The van der Waals surface area contributed by atoms with Crippen LogP contribution in [0, 0.1) is 0 Å². The zero-order valence-electron chi connectivity index (χ0n) is 13.2. The first-order valence-corrected chi connectivity index (χ1v) is 8.62. The number of nitrogens with one attached hydrogen (secondary N) is 2. The van der Waals surface area contributed by atoms with Crippen molar-refractivity contribution in [2.75, 3.05) is 24.1 Å². The van der Waals surface area contributed by atoms with Gasteiger partial charge in [-0.1, -0.05) is 0 Å². The monoisotopic (exact) mass is 330 g/mol. The molecule has 0 saturated heterocycles. The van der Waals surface area contributed by atoms with Gasteiger partial charge in [-0.05, 0) is 45.0 Å². The number of ether oxygens (including phenoxy) is 2. The molecule has 8 heteroatoms. The van der Waals surface area contributed by atoms with Crippen LogP contribution in [0.2, 0.25) is 0 Å². The molecule has 0 spiro atoms. The molecule has 0 bridgehead atoms.